The van der Waals surface area contributed by atoms with Crippen LogP contribution in [-0.2, 0) is 10.8 Å². The molecule has 1 atom stereocenters. The molecule has 0 fully saturated rings. The van der Waals surface area contributed by atoms with Gasteiger partial charge in [-0.1, -0.05) is 251 Å². The highest BCUT2D eigenvalue weighted by atomic mass is 15.1. The number of anilines is 3. The van der Waals surface area contributed by atoms with Crippen LogP contribution in [0, 0.1) is 0 Å². The monoisotopic (exact) mass is 907 g/mol. The van der Waals surface area contributed by atoms with Crippen LogP contribution in [0.15, 0.2) is 280 Å². The Kier molecular flexibility index (Phi) is 11.0. The van der Waals surface area contributed by atoms with Crippen molar-refractivity contribution in [2.45, 2.75) is 24.7 Å². The van der Waals surface area contributed by atoms with Gasteiger partial charge in [-0.3, -0.25) is 0 Å². The molecule has 0 spiro atoms. The van der Waals surface area contributed by atoms with Gasteiger partial charge < -0.3 is 4.90 Å². The van der Waals surface area contributed by atoms with Crippen LogP contribution in [0.5, 0.6) is 0 Å². The van der Waals surface area contributed by atoms with Crippen LogP contribution in [0.4, 0.5) is 17.1 Å². The first kappa shape index (κ1) is 43.5. The molecule has 1 heteroatoms. The van der Waals surface area contributed by atoms with E-state index in [-0.39, 0.29) is 5.41 Å². The fourth-order valence-corrected chi connectivity index (χ4v) is 11.6. The molecule has 0 aliphatic heterocycles. The zero-order chi connectivity index (χ0) is 47.9. The van der Waals surface area contributed by atoms with Crippen molar-refractivity contribution in [1.82, 2.24) is 0 Å². The summed E-state index contributed by atoms with van der Waals surface area (Å²) in [5.74, 6) is 0. The van der Waals surface area contributed by atoms with E-state index in [4.69, 9.17) is 0 Å². The third-order valence-electron chi connectivity index (χ3n) is 15.0. The standard InChI is InChI=1S/C70H53N/c1-4-49(50-22-10-5-11-23-50)46-64-63-45-43-60(71(58-40-36-54(37-41-58)52-26-14-7-15-27-52)59-42-44-62-61-32-20-21-33-65(61)69(2,3)66(62)47-59)48-67(63)70(56-30-18-9-19-31-56,68(64)55-28-16-8-17-29-55)57-38-34-53(35-39-57)51-24-12-6-13-25-51/h4-48H,1H2,2-3H3/b49-46+. The van der Waals surface area contributed by atoms with Crippen LogP contribution in [0.1, 0.15) is 58.4 Å². The summed E-state index contributed by atoms with van der Waals surface area (Å²) in [5.41, 5.74) is 23.0. The van der Waals surface area contributed by atoms with E-state index in [1.165, 1.54) is 77.9 Å². The number of nitrogens with zero attached hydrogens (tertiary/aromatic N) is 1. The van der Waals surface area contributed by atoms with Gasteiger partial charge in [0.2, 0.25) is 0 Å². The highest BCUT2D eigenvalue weighted by molar-refractivity contribution is 6.11. The number of fused-ring (bicyclic) bond motifs is 4. The van der Waals surface area contributed by atoms with Crippen molar-refractivity contribution in [1.29, 1.82) is 0 Å². The van der Waals surface area contributed by atoms with E-state index < -0.39 is 5.41 Å². The van der Waals surface area contributed by atoms with Gasteiger partial charge in [0.1, 0.15) is 0 Å². The predicted octanol–water partition coefficient (Wildman–Crippen LogP) is 18.3. The Balaban J connectivity index is 1.15. The van der Waals surface area contributed by atoms with Crippen LogP contribution < -0.4 is 4.90 Å². The maximum atomic E-state index is 4.40. The first-order valence-corrected chi connectivity index (χ1v) is 24.7. The molecule has 71 heavy (non-hydrogen) atoms. The van der Waals surface area contributed by atoms with E-state index >= 15 is 0 Å². The number of hydrogen-bond donors (Lipinski definition) is 0. The summed E-state index contributed by atoms with van der Waals surface area (Å²) in [4.78, 5) is 2.47. The van der Waals surface area contributed by atoms with E-state index in [9.17, 15) is 0 Å². The van der Waals surface area contributed by atoms with Crippen molar-refractivity contribution in [3.63, 3.8) is 0 Å². The van der Waals surface area contributed by atoms with Crippen molar-refractivity contribution in [2.75, 3.05) is 4.90 Å². The number of benzene rings is 10. The summed E-state index contributed by atoms with van der Waals surface area (Å²) in [6.07, 6.45) is 4.39. The fourth-order valence-electron chi connectivity index (χ4n) is 11.6. The second kappa shape index (κ2) is 17.9. The first-order chi connectivity index (χ1) is 34.9. The van der Waals surface area contributed by atoms with Crippen molar-refractivity contribution >= 4 is 33.8 Å². The molecule has 0 heterocycles. The first-order valence-electron chi connectivity index (χ1n) is 24.7. The van der Waals surface area contributed by atoms with E-state index in [1.807, 2.05) is 6.08 Å². The van der Waals surface area contributed by atoms with Crippen LogP contribution in [-0.4, -0.2) is 0 Å². The lowest BCUT2D eigenvalue weighted by Crippen LogP contribution is -2.29. The minimum atomic E-state index is -0.748. The quantitative estimate of drug-likeness (QED) is 0.117. The molecule has 0 aromatic heterocycles. The summed E-state index contributed by atoms with van der Waals surface area (Å²) < 4.78 is 0. The van der Waals surface area contributed by atoms with Gasteiger partial charge in [-0.15, -0.1) is 0 Å². The Labute approximate surface area is 418 Å². The summed E-state index contributed by atoms with van der Waals surface area (Å²) in [7, 11) is 0. The summed E-state index contributed by atoms with van der Waals surface area (Å²) >= 11 is 0. The lowest BCUT2D eigenvalue weighted by atomic mass is 9.65. The number of allylic oxidation sites excluding steroid dienone is 5. The van der Waals surface area contributed by atoms with Gasteiger partial charge in [0, 0.05) is 22.5 Å². The Hall–Kier alpha value is -8.78. The van der Waals surface area contributed by atoms with Gasteiger partial charge in [-0.2, -0.15) is 0 Å². The van der Waals surface area contributed by atoms with E-state index in [0.29, 0.717) is 0 Å². The number of rotatable bonds is 11. The van der Waals surface area contributed by atoms with Gasteiger partial charge in [0.15, 0.2) is 0 Å². The van der Waals surface area contributed by atoms with Gasteiger partial charge >= 0.3 is 0 Å². The number of hydrogen-bond acceptors (Lipinski definition) is 1. The molecule has 1 unspecified atom stereocenters. The van der Waals surface area contributed by atoms with Gasteiger partial charge in [-0.25, -0.2) is 0 Å². The largest absolute Gasteiger partial charge is 0.310 e. The van der Waals surface area contributed by atoms with E-state index in [1.54, 1.807) is 0 Å². The van der Waals surface area contributed by atoms with Crippen molar-refractivity contribution in [2.24, 2.45) is 0 Å². The molecule has 1 nitrogen and oxygen atoms in total. The third kappa shape index (κ3) is 7.41. The molecule has 0 amide bonds. The average Bonchev–Trinajstić information content (AvgIpc) is 3.86. The summed E-state index contributed by atoms with van der Waals surface area (Å²) in [5, 5.41) is 0. The summed E-state index contributed by atoms with van der Waals surface area (Å²) in [6.45, 7) is 9.14. The molecule has 10 aromatic rings. The normalized spacial score (nSPS) is 15.4. The average molecular weight is 908 g/mol. The zero-order valence-electron chi connectivity index (χ0n) is 40.1. The molecule has 338 valence electrons. The third-order valence-corrected chi connectivity index (χ3v) is 15.0. The van der Waals surface area contributed by atoms with Gasteiger partial charge in [0.05, 0.1) is 5.41 Å². The molecular formula is C70H53N. The Morgan fingerprint density at radius 1 is 0.380 bits per heavy atom. The minimum absolute atomic E-state index is 0.172. The predicted molar refractivity (Wildman–Crippen MR) is 300 cm³/mol. The van der Waals surface area contributed by atoms with Crippen molar-refractivity contribution in [3.8, 4) is 33.4 Å². The van der Waals surface area contributed by atoms with Crippen LogP contribution in [0.25, 0.3) is 50.1 Å². The topological polar surface area (TPSA) is 3.24 Å². The SMILES string of the molecule is C=C/C(=C\C1=C(c2ccccc2)C(c2ccccc2)(c2ccc(-c3ccccc3)cc2)c2cc(N(c3ccc(-c4ccccc4)cc3)c3ccc4c(c3)C(C)(C)c3ccccc3-4)ccc21)c1ccccc1. The highest BCUT2D eigenvalue weighted by Gasteiger charge is 2.48. The van der Waals surface area contributed by atoms with E-state index in [0.717, 1.165) is 33.8 Å². The van der Waals surface area contributed by atoms with Crippen molar-refractivity contribution in [3.05, 3.63) is 324 Å². The maximum Gasteiger partial charge on any atom is 0.0720 e. The van der Waals surface area contributed by atoms with Crippen molar-refractivity contribution < 1.29 is 0 Å². The van der Waals surface area contributed by atoms with Crippen LogP contribution >= 0.6 is 0 Å². The maximum absolute atomic E-state index is 4.40. The second-order valence-corrected chi connectivity index (χ2v) is 19.3. The molecule has 0 saturated heterocycles. The molecular weight excluding hydrogens is 855 g/mol. The zero-order valence-corrected chi connectivity index (χ0v) is 40.1. The molecule has 2 aliphatic rings. The Morgan fingerprint density at radius 3 is 1.41 bits per heavy atom. The Bertz CT molecular complexity index is 3620. The lowest BCUT2D eigenvalue weighted by molar-refractivity contribution is 0.660. The molecule has 0 bridgehead atoms. The Morgan fingerprint density at radius 2 is 0.817 bits per heavy atom. The van der Waals surface area contributed by atoms with Gasteiger partial charge in [0.25, 0.3) is 0 Å². The molecule has 0 saturated carbocycles. The highest BCUT2D eigenvalue weighted by Crippen LogP contribution is 2.60. The van der Waals surface area contributed by atoms with E-state index in [2.05, 4.69) is 292 Å². The summed E-state index contributed by atoms with van der Waals surface area (Å²) in [6, 6.07) is 95.9. The second-order valence-electron chi connectivity index (χ2n) is 19.3. The molecule has 12 rings (SSSR count). The molecule has 2 aliphatic carbocycles. The molecule has 10 aromatic carbocycles. The fraction of sp³-hybridized carbons (Fsp3) is 0.0571. The van der Waals surface area contributed by atoms with Crippen LogP contribution in [0.3, 0.4) is 0 Å². The van der Waals surface area contributed by atoms with Crippen LogP contribution in [0.2, 0.25) is 0 Å². The smallest absolute Gasteiger partial charge is 0.0720 e. The minimum Gasteiger partial charge on any atom is -0.310 e. The lowest BCUT2D eigenvalue weighted by Gasteiger charge is -2.37. The molecule has 0 radical (unpaired) electrons. The van der Waals surface area contributed by atoms with Gasteiger partial charge in [-0.05, 0) is 137 Å². The molecule has 0 N–H and O–H groups in total.